The van der Waals surface area contributed by atoms with Crippen LogP contribution in [0.4, 0.5) is 4.39 Å². The maximum Gasteiger partial charge on any atom is 0.128 e. The molecule has 2 atom stereocenters. The summed E-state index contributed by atoms with van der Waals surface area (Å²) in [6.07, 6.45) is -0.0400. The standard InChI is InChI=1S/C11H19FN3P/c1-14-11(15(2)3)10-7(6-13)8(12)4-5-9(10)16/h4-5,11,14H,6,13,16H2,1-3H3. The fraction of sp³-hybridized carbons (Fsp3) is 0.455. The highest BCUT2D eigenvalue weighted by Gasteiger charge is 2.19. The molecule has 0 heterocycles. The zero-order valence-electron chi connectivity index (χ0n) is 9.92. The number of nitrogens with zero attached hydrogens (tertiary/aromatic N) is 1. The third-order valence-corrected chi connectivity index (χ3v) is 3.10. The van der Waals surface area contributed by atoms with Crippen molar-refractivity contribution in [3.05, 3.63) is 29.1 Å². The van der Waals surface area contributed by atoms with Crippen LogP contribution in [-0.2, 0) is 6.54 Å². The SMILES string of the molecule is CNC(c1c(P)ccc(F)c1CN)N(C)C. The Hall–Kier alpha value is -0.540. The van der Waals surface area contributed by atoms with E-state index in [1.165, 1.54) is 6.07 Å². The van der Waals surface area contributed by atoms with Crippen molar-refractivity contribution in [3.63, 3.8) is 0 Å². The Balaban J connectivity index is 3.34. The van der Waals surface area contributed by atoms with Gasteiger partial charge in [-0.15, -0.1) is 9.24 Å². The van der Waals surface area contributed by atoms with E-state index in [4.69, 9.17) is 5.73 Å². The number of halogens is 1. The Kier molecular flexibility index (Phi) is 4.81. The van der Waals surface area contributed by atoms with Crippen LogP contribution in [0, 0.1) is 5.82 Å². The van der Waals surface area contributed by atoms with Crippen molar-refractivity contribution in [1.29, 1.82) is 0 Å². The maximum absolute atomic E-state index is 13.7. The van der Waals surface area contributed by atoms with Gasteiger partial charge in [0.25, 0.3) is 0 Å². The molecule has 0 aliphatic heterocycles. The molecule has 0 bridgehead atoms. The number of rotatable bonds is 4. The molecule has 1 aromatic carbocycles. The summed E-state index contributed by atoms with van der Waals surface area (Å²) in [6.45, 7) is 0.204. The average Bonchev–Trinajstić information content (AvgIpc) is 2.24. The van der Waals surface area contributed by atoms with Crippen molar-refractivity contribution < 1.29 is 4.39 Å². The molecule has 3 N–H and O–H groups in total. The third-order valence-electron chi connectivity index (χ3n) is 2.60. The molecule has 5 heteroatoms. The summed E-state index contributed by atoms with van der Waals surface area (Å²) >= 11 is 0. The lowest BCUT2D eigenvalue weighted by atomic mass is 10.0. The van der Waals surface area contributed by atoms with Crippen LogP contribution in [0.2, 0.25) is 0 Å². The summed E-state index contributed by atoms with van der Waals surface area (Å²) in [4.78, 5) is 1.99. The van der Waals surface area contributed by atoms with Crippen LogP contribution in [0.3, 0.4) is 0 Å². The first-order chi connectivity index (χ1) is 7.52. The zero-order chi connectivity index (χ0) is 12.3. The van der Waals surface area contributed by atoms with Gasteiger partial charge in [0, 0.05) is 12.1 Å². The largest absolute Gasteiger partial charge is 0.326 e. The van der Waals surface area contributed by atoms with E-state index in [0.29, 0.717) is 5.56 Å². The van der Waals surface area contributed by atoms with E-state index in [-0.39, 0.29) is 18.5 Å². The molecule has 0 saturated heterocycles. The van der Waals surface area contributed by atoms with Crippen LogP contribution >= 0.6 is 9.24 Å². The van der Waals surface area contributed by atoms with E-state index >= 15 is 0 Å². The summed E-state index contributed by atoms with van der Waals surface area (Å²) in [6, 6.07) is 3.21. The average molecular weight is 243 g/mol. The lowest BCUT2D eigenvalue weighted by Crippen LogP contribution is -2.35. The van der Waals surface area contributed by atoms with E-state index in [1.807, 2.05) is 26.0 Å². The minimum atomic E-state index is -0.245. The Morgan fingerprint density at radius 2 is 2.12 bits per heavy atom. The summed E-state index contributed by atoms with van der Waals surface area (Å²) in [7, 11) is 8.36. The normalized spacial score (nSPS) is 13.2. The molecule has 2 unspecified atom stereocenters. The Labute approximate surface area is 98.4 Å². The van der Waals surface area contributed by atoms with Crippen LogP contribution in [0.25, 0.3) is 0 Å². The molecule has 3 nitrogen and oxygen atoms in total. The highest BCUT2D eigenvalue weighted by atomic mass is 31.0. The lowest BCUT2D eigenvalue weighted by Gasteiger charge is -2.27. The van der Waals surface area contributed by atoms with Crippen LogP contribution in [0.1, 0.15) is 17.3 Å². The number of nitrogens with two attached hydrogens (primary N) is 1. The van der Waals surface area contributed by atoms with Gasteiger partial charge in [-0.25, -0.2) is 4.39 Å². The van der Waals surface area contributed by atoms with Crippen molar-refractivity contribution in [1.82, 2.24) is 10.2 Å². The molecular formula is C11H19FN3P. The molecular weight excluding hydrogens is 224 g/mol. The third kappa shape index (κ3) is 2.58. The minimum Gasteiger partial charge on any atom is -0.326 e. The second kappa shape index (κ2) is 5.69. The summed E-state index contributed by atoms with van der Waals surface area (Å²) in [5, 5.41) is 4.12. The van der Waals surface area contributed by atoms with E-state index in [1.54, 1.807) is 6.07 Å². The van der Waals surface area contributed by atoms with Gasteiger partial charge in [0.15, 0.2) is 0 Å². The van der Waals surface area contributed by atoms with Crippen molar-refractivity contribution in [3.8, 4) is 0 Å². The molecule has 0 aliphatic carbocycles. The number of hydrogen-bond donors (Lipinski definition) is 2. The second-order valence-corrected chi connectivity index (χ2v) is 4.51. The predicted octanol–water partition coefficient (Wildman–Crippen LogP) is 0.564. The molecule has 1 aromatic rings. The highest BCUT2D eigenvalue weighted by Crippen LogP contribution is 2.21. The van der Waals surface area contributed by atoms with Crippen LogP contribution < -0.4 is 16.4 Å². The number of nitrogens with one attached hydrogen (secondary N) is 1. The van der Waals surface area contributed by atoms with Gasteiger partial charge in [-0.2, -0.15) is 0 Å². The van der Waals surface area contributed by atoms with Gasteiger partial charge in [0.1, 0.15) is 5.82 Å². The highest BCUT2D eigenvalue weighted by molar-refractivity contribution is 7.27. The molecule has 16 heavy (non-hydrogen) atoms. The topological polar surface area (TPSA) is 41.3 Å². The number of benzene rings is 1. The van der Waals surface area contributed by atoms with Gasteiger partial charge in [0.05, 0.1) is 6.17 Å². The van der Waals surface area contributed by atoms with Crippen LogP contribution in [0.15, 0.2) is 12.1 Å². The van der Waals surface area contributed by atoms with Crippen molar-refractivity contribution in [2.24, 2.45) is 5.73 Å². The molecule has 0 fully saturated rings. The van der Waals surface area contributed by atoms with Crippen molar-refractivity contribution in [2.45, 2.75) is 12.7 Å². The first kappa shape index (κ1) is 13.5. The van der Waals surface area contributed by atoms with Gasteiger partial charge in [0.2, 0.25) is 0 Å². The quantitative estimate of drug-likeness (QED) is 0.600. The lowest BCUT2D eigenvalue weighted by molar-refractivity contribution is 0.264. The monoisotopic (exact) mass is 243 g/mol. The van der Waals surface area contributed by atoms with E-state index in [2.05, 4.69) is 14.6 Å². The molecule has 0 spiro atoms. The summed E-state index contributed by atoms with van der Waals surface area (Å²) < 4.78 is 13.7. The number of hydrogen-bond acceptors (Lipinski definition) is 3. The van der Waals surface area contributed by atoms with Crippen LogP contribution in [0.5, 0.6) is 0 Å². The zero-order valence-corrected chi connectivity index (χ0v) is 11.1. The predicted molar refractivity (Wildman–Crippen MR) is 69.1 cm³/mol. The van der Waals surface area contributed by atoms with Crippen molar-refractivity contribution >= 4 is 14.5 Å². The smallest absolute Gasteiger partial charge is 0.128 e. The van der Waals surface area contributed by atoms with E-state index in [9.17, 15) is 4.39 Å². The Bertz CT molecular complexity index is 368. The fourth-order valence-electron chi connectivity index (χ4n) is 1.85. The van der Waals surface area contributed by atoms with E-state index in [0.717, 1.165) is 10.9 Å². The second-order valence-electron chi connectivity index (χ2n) is 3.89. The fourth-order valence-corrected chi connectivity index (χ4v) is 2.28. The molecule has 0 amide bonds. The van der Waals surface area contributed by atoms with Gasteiger partial charge in [-0.3, -0.25) is 4.90 Å². The first-order valence-electron chi connectivity index (χ1n) is 5.13. The first-order valence-corrected chi connectivity index (χ1v) is 5.71. The Morgan fingerprint density at radius 1 is 1.50 bits per heavy atom. The van der Waals surface area contributed by atoms with Gasteiger partial charge in [-0.1, -0.05) is 6.07 Å². The van der Waals surface area contributed by atoms with Gasteiger partial charge in [-0.05, 0) is 38.1 Å². The summed E-state index contributed by atoms with van der Waals surface area (Å²) in [5.41, 5.74) is 7.09. The molecule has 0 aliphatic rings. The summed E-state index contributed by atoms with van der Waals surface area (Å²) in [5.74, 6) is -0.245. The maximum atomic E-state index is 13.7. The molecule has 1 rings (SSSR count). The van der Waals surface area contributed by atoms with E-state index < -0.39 is 0 Å². The molecule has 90 valence electrons. The van der Waals surface area contributed by atoms with Gasteiger partial charge >= 0.3 is 0 Å². The van der Waals surface area contributed by atoms with Crippen molar-refractivity contribution in [2.75, 3.05) is 21.1 Å². The molecule has 0 saturated carbocycles. The molecule has 0 radical (unpaired) electrons. The Morgan fingerprint density at radius 3 is 2.56 bits per heavy atom. The molecule has 0 aromatic heterocycles. The van der Waals surface area contributed by atoms with Gasteiger partial charge < -0.3 is 11.1 Å². The van der Waals surface area contributed by atoms with Crippen LogP contribution in [-0.4, -0.2) is 26.0 Å². The minimum absolute atomic E-state index is 0.0400.